The van der Waals surface area contributed by atoms with E-state index in [0.717, 1.165) is 5.56 Å². The fourth-order valence-electron chi connectivity index (χ4n) is 1.09. The van der Waals surface area contributed by atoms with Crippen molar-refractivity contribution in [2.45, 2.75) is 0 Å². The fourth-order valence-corrected chi connectivity index (χ4v) is 1.53. The zero-order valence-corrected chi connectivity index (χ0v) is 8.62. The van der Waals surface area contributed by atoms with Crippen LogP contribution in [-0.4, -0.2) is 9.97 Å². The molecule has 0 bridgehead atoms. The second-order valence-electron chi connectivity index (χ2n) is 2.64. The van der Waals surface area contributed by atoms with E-state index in [2.05, 4.69) is 32.1 Å². The van der Waals surface area contributed by atoms with E-state index >= 15 is 0 Å². The average Bonchev–Trinajstić information content (AvgIpc) is 2.18. The highest BCUT2D eigenvalue weighted by atomic mass is 79.9. The molecule has 0 unspecified atom stereocenters. The second-order valence-corrected chi connectivity index (χ2v) is 3.44. The minimum absolute atomic E-state index is 0.307. The molecular formula is C10H5BrFN2. The summed E-state index contributed by atoms with van der Waals surface area (Å²) in [6.45, 7) is 0. The molecule has 0 aliphatic heterocycles. The first-order valence-electron chi connectivity index (χ1n) is 3.91. The van der Waals surface area contributed by atoms with Crippen LogP contribution in [0, 0.1) is 12.0 Å². The topological polar surface area (TPSA) is 25.8 Å². The number of hydrogen-bond acceptors (Lipinski definition) is 2. The van der Waals surface area contributed by atoms with Gasteiger partial charge in [-0.2, -0.15) is 0 Å². The molecule has 0 saturated heterocycles. The van der Waals surface area contributed by atoms with Crippen molar-refractivity contribution in [3.63, 3.8) is 0 Å². The monoisotopic (exact) mass is 251 g/mol. The molecule has 0 aliphatic carbocycles. The third-order valence-corrected chi connectivity index (χ3v) is 2.32. The Bertz CT molecular complexity index is 459. The molecular weight excluding hydrogens is 247 g/mol. The Morgan fingerprint density at radius 1 is 1.29 bits per heavy atom. The summed E-state index contributed by atoms with van der Waals surface area (Å²) in [4.78, 5) is 7.85. The minimum atomic E-state index is -0.307. The molecule has 4 heteroatoms. The Morgan fingerprint density at radius 2 is 2.14 bits per heavy atom. The average molecular weight is 252 g/mol. The smallest absolute Gasteiger partial charge is 0.126 e. The molecule has 2 aromatic heterocycles. The Morgan fingerprint density at radius 3 is 2.86 bits per heavy atom. The lowest BCUT2D eigenvalue weighted by molar-refractivity contribution is 0.626. The Labute approximate surface area is 89.0 Å². The van der Waals surface area contributed by atoms with Gasteiger partial charge in [0.1, 0.15) is 12.0 Å². The molecule has 2 heterocycles. The number of rotatable bonds is 1. The molecule has 69 valence electrons. The van der Waals surface area contributed by atoms with Crippen LogP contribution in [0.15, 0.2) is 35.1 Å². The second kappa shape index (κ2) is 3.84. The van der Waals surface area contributed by atoms with Gasteiger partial charge >= 0.3 is 0 Å². The van der Waals surface area contributed by atoms with Gasteiger partial charge < -0.3 is 0 Å². The molecule has 0 aliphatic rings. The van der Waals surface area contributed by atoms with E-state index in [-0.39, 0.29) is 5.82 Å². The quantitative estimate of drug-likeness (QED) is 0.779. The number of halogens is 2. The maximum atomic E-state index is 12.9. The lowest BCUT2D eigenvalue weighted by atomic mass is 10.2. The Hall–Kier alpha value is -1.29. The molecule has 0 fully saturated rings. The fraction of sp³-hybridized carbons (Fsp3) is 0. The summed E-state index contributed by atoms with van der Waals surface area (Å²) in [6.07, 6.45) is 5.74. The zero-order valence-electron chi connectivity index (χ0n) is 7.04. The van der Waals surface area contributed by atoms with E-state index in [1.54, 1.807) is 12.3 Å². The summed E-state index contributed by atoms with van der Waals surface area (Å²) >= 11 is 3.28. The van der Waals surface area contributed by atoms with Crippen LogP contribution in [0.2, 0.25) is 0 Å². The number of hydrogen-bond donors (Lipinski definition) is 0. The molecule has 0 amide bonds. The Kier molecular flexibility index (Phi) is 2.54. The largest absolute Gasteiger partial charge is 0.256 e. The lowest BCUT2D eigenvalue weighted by Gasteiger charge is -2.01. The highest BCUT2D eigenvalue weighted by molar-refractivity contribution is 9.10. The van der Waals surface area contributed by atoms with Gasteiger partial charge in [-0.25, -0.2) is 4.39 Å². The maximum Gasteiger partial charge on any atom is 0.126 e. The number of nitrogens with zero attached hydrogens (tertiary/aromatic N) is 2. The van der Waals surface area contributed by atoms with Gasteiger partial charge in [0.25, 0.3) is 0 Å². The molecule has 0 saturated carbocycles. The van der Waals surface area contributed by atoms with Crippen LogP contribution in [0.4, 0.5) is 4.39 Å². The minimum Gasteiger partial charge on any atom is -0.256 e. The molecule has 0 atom stereocenters. The summed E-state index contributed by atoms with van der Waals surface area (Å²) in [5, 5.41) is 0. The number of aromatic nitrogens is 2. The highest BCUT2D eigenvalue weighted by Gasteiger charge is 2.04. The molecule has 0 N–H and O–H groups in total. The highest BCUT2D eigenvalue weighted by Crippen LogP contribution is 2.24. The summed E-state index contributed by atoms with van der Waals surface area (Å²) < 4.78 is 13.6. The van der Waals surface area contributed by atoms with Gasteiger partial charge in [0.2, 0.25) is 0 Å². The van der Waals surface area contributed by atoms with Crippen molar-refractivity contribution < 1.29 is 4.39 Å². The first-order chi connectivity index (χ1) is 6.77. The van der Waals surface area contributed by atoms with Gasteiger partial charge in [-0.15, -0.1) is 0 Å². The van der Waals surface area contributed by atoms with Crippen molar-refractivity contribution in [1.82, 2.24) is 9.97 Å². The van der Waals surface area contributed by atoms with Crippen molar-refractivity contribution in [3.8, 4) is 11.3 Å². The van der Waals surface area contributed by atoms with Crippen LogP contribution in [0.3, 0.4) is 0 Å². The molecule has 0 spiro atoms. The SMILES string of the molecule is Fc1ccnc(-c2ccn[c]c2Br)c1. The predicted molar refractivity (Wildman–Crippen MR) is 54.0 cm³/mol. The molecule has 0 aromatic carbocycles. The summed E-state index contributed by atoms with van der Waals surface area (Å²) in [7, 11) is 0. The molecule has 2 rings (SSSR count). The molecule has 2 aromatic rings. The van der Waals surface area contributed by atoms with Crippen LogP contribution in [-0.2, 0) is 0 Å². The first kappa shape index (κ1) is 9.27. The van der Waals surface area contributed by atoms with Crippen molar-refractivity contribution in [2.75, 3.05) is 0 Å². The lowest BCUT2D eigenvalue weighted by Crippen LogP contribution is -1.86. The first-order valence-corrected chi connectivity index (χ1v) is 4.71. The Balaban J connectivity index is 2.55. The third kappa shape index (κ3) is 1.80. The summed E-state index contributed by atoms with van der Waals surface area (Å²) in [6, 6.07) is 4.43. The van der Waals surface area contributed by atoms with E-state index in [0.29, 0.717) is 10.2 Å². The molecule has 2 nitrogen and oxygen atoms in total. The van der Waals surface area contributed by atoms with Crippen LogP contribution in [0.1, 0.15) is 0 Å². The van der Waals surface area contributed by atoms with Gasteiger partial charge in [-0.1, -0.05) is 0 Å². The van der Waals surface area contributed by atoms with Gasteiger partial charge in [-0.3, -0.25) is 9.97 Å². The van der Waals surface area contributed by atoms with Crippen molar-refractivity contribution >= 4 is 15.9 Å². The molecule has 14 heavy (non-hydrogen) atoms. The maximum absolute atomic E-state index is 12.9. The van der Waals surface area contributed by atoms with E-state index in [4.69, 9.17) is 0 Å². The van der Waals surface area contributed by atoms with Gasteiger partial charge in [0.15, 0.2) is 0 Å². The predicted octanol–water partition coefficient (Wildman–Crippen LogP) is 2.85. The summed E-state index contributed by atoms with van der Waals surface area (Å²) in [5.74, 6) is -0.307. The van der Waals surface area contributed by atoms with Gasteiger partial charge in [0, 0.05) is 24.0 Å². The normalized spacial score (nSPS) is 10.1. The van der Waals surface area contributed by atoms with Crippen LogP contribution in [0.25, 0.3) is 11.3 Å². The van der Waals surface area contributed by atoms with Crippen LogP contribution < -0.4 is 0 Å². The van der Waals surface area contributed by atoms with Crippen LogP contribution in [0.5, 0.6) is 0 Å². The van der Waals surface area contributed by atoms with Crippen molar-refractivity contribution in [2.24, 2.45) is 0 Å². The zero-order chi connectivity index (χ0) is 9.97. The number of pyridine rings is 2. The van der Waals surface area contributed by atoms with Crippen LogP contribution >= 0.6 is 15.9 Å². The van der Waals surface area contributed by atoms with Gasteiger partial charge in [-0.05, 0) is 28.1 Å². The third-order valence-electron chi connectivity index (χ3n) is 1.71. The van der Waals surface area contributed by atoms with E-state index in [1.807, 2.05) is 0 Å². The summed E-state index contributed by atoms with van der Waals surface area (Å²) in [5.41, 5.74) is 1.34. The van der Waals surface area contributed by atoms with E-state index < -0.39 is 0 Å². The van der Waals surface area contributed by atoms with E-state index in [1.165, 1.54) is 18.3 Å². The van der Waals surface area contributed by atoms with Gasteiger partial charge in [0.05, 0.1) is 10.2 Å². The van der Waals surface area contributed by atoms with E-state index in [9.17, 15) is 4.39 Å². The van der Waals surface area contributed by atoms with Crippen molar-refractivity contribution in [3.05, 3.63) is 47.1 Å². The standard InChI is InChI=1S/C10H5BrFN2/c11-9-6-13-3-2-8(9)10-5-7(12)1-4-14-10/h1-5H. The van der Waals surface area contributed by atoms with Crippen molar-refractivity contribution in [1.29, 1.82) is 0 Å². The molecule has 1 radical (unpaired) electrons.